The molecule has 5 aliphatic carbocycles. The fourth-order valence-corrected chi connectivity index (χ4v) is 11.9. The van der Waals surface area contributed by atoms with E-state index in [0.717, 1.165) is 56.1 Å². The van der Waals surface area contributed by atoms with Crippen LogP contribution in [0.3, 0.4) is 0 Å². The summed E-state index contributed by atoms with van der Waals surface area (Å²) >= 11 is 0. The molecule has 0 aliphatic heterocycles. The SMILES string of the molecule is CC(=O)OC(C(=O)O)[C@@]12CC[C@]3(C)[C@H](CC[C@@H]4[C@@]5(C)CC[C@H](OC(C)=O)C(C)(C)[C@@H]5CC[C@]43C)C1=C(C(C)C)C(=O)C2. The number of allylic oxidation sites excluding steroid dienone is 1. The molecule has 0 saturated heterocycles. The average molecular weight is 585 g/mol. The molecule has 7 heteroatoms. The smallest absolute Gasteiger partial charge is 0.345 e. The summed E-state index contributed by atoms with van der Waals surface area (Å²) < 4.78 is 11.4. The maximum absolute atomic E-state index is 13.7. The monoisotopic (exact) mass is 584 g/mol. The van der Waals surface area contributed by atoms with E-state index in [9.17, 15) is 24.3 Å². The highest BCUT2D eigenvalue weighted by molar-refractivity contribution is 6.01. The topological polar surface area (TPSA) is 107 Å². The van der Waals surface area contributed by atoms with Crippen LogP contribution in [0.4, 0.5) is 0 Å². The number of carbonyl (C=O) groups is 4. The molecular weight excluding hydrogens is 532 g/mol. The van der Waals surface area contributed by atoms with Gasteiger partial charge in [-0.1, -0.05) is 48.5 Å². The van der Waals surface area contributed by atoms with Crippen LogP contribution in [0.5, 0.6) is 0 Å². The molecule has 0 aromatic rings. The summed E-state index contributed by atoms with van der Waals surface area (Å²) in [5, 5.41) is 10.4. The van der Waals surface area contributed by atoms with Gasteiger partial charge in [-0.15, -0.1) is 0 Å². The third-order valence-electron chi connectivity index (χ3n) is 13.7. The molecule has 4 saturated carbocycles. The molecule has 9 atom stereocenters. The number of ether oxygens (including phenoxy) is 2. The molecule has 5 aliphatic rings. The zero-order chi connectivity index (χ0) is 31.2. The van der Waals surface area contributed by atoms with Gasteiger partial charge in [-0.25, -0.2) is 4.79 Å². The van der Waals surface area contributed by atoms with Crippen molar-refractivity contribution in [3.8, 4) is 0 Å². The third kappa shape index (κ3) is 4.10. The number of hydrogen-bond donors (Lipinski definition) is 1. The molecule has 0 bridgehead atoms. The van der Waals surface area contributed by atoms with Crippen molar-refractivity contribution in [3.05, 3.63) is 11.1 Å². The Morgan fingerprint density at radius 2 is 1.50 bits per heavy atom. The first-order valence-electron chi connectivity index (χ1n) is 16.2. The largest absolute Gasteiger partial charge is 0.478 e. The zero-order valence-electron chi connectivity index (χ0n) is 27.2. The second-order valence-corrected chi connectivity index (χ2v) is 16.1. The first-order valence-corrected chi connectivity index (χ1v) is 16.2. The van der Waals surface area contributed by atoms with Crippen LogP contribution >= 0.6 is 0 Å². The fourth-order valence-electron chi connectivity index (χ4n) is 11.9. The van der Waals surface area contributed by atoms with Gasteiger partial charge in [0, 0.05) is 31.1 Å². The van der Waals surface area contributed by atoms with Gasteiger partial charge in [0.2, 0.25) is 6.10 Å². The molecule has 0 spiro atoms. The minimum atomic E-state index is -1.36. The summed E-state index contributed by atoms with van der Waals surface area (Å²) in [5.41, 5.74) is 0.654. The lowest BCUT2D eigenvalue weighted by Gasteiger charge is -2.72. The van der Waals surface area contributed by atoms with E-state index in [1.165, 1.54) is 13.8 Å². The molecule has 42 heavy (non-hydrogen) atoms. The molecule has 5 rings (SSSR count). The van der Waals surface area contributed by atoms with Crippen molar-refractivity contribution in [1.82, 2.24) is 0 Å². The van der Waals surface area contributed by atoms with Gasteiger partial charge in [-0.05, 0) is 102 Å². The second-order valence-electron chi connectivity index (χ2n) is 16.1. The normalized spacial score (nSPS) is 43.0. The van der Waals surface area contributed by atoms with Crippen LogP contribution in [-0.4, -0.2) is 41.0 Å². The number of hydrogen-bond acceptors (Lipinski definition) is 6. The Balaban J connectivity index is 1.59. The molecule has 234 valence electrons. The molecule has 4 fully saturated rings. The van der Waals surface area contributed by atoms with Gasteiger partial charge in [-0.2, -0.15) is 0 Å². The molecule has 0 amide bonds. The summed E-state index contributed by atoms with van der Waals surface area (Å²) in [6.45, 7) is 18.8. The Labute approximate surface area is 251 Å². The van der Waals surface area contributed by atoms with Crippen LogP contribution in [-0.2, 0) is 28.7 Å². The minimum Gasteiger partial charge on any atom is -0.478 e. The van der Waals surface area contributed by atoms with Crippen molar-refractivity contribution >= 4 is 23.7 Å². The Morgan fingerprint density at radius 1 is 0.833 bits per heavy atom. The number of carboxylic acid groups (broad SMARTS) is 1. The maximum atomic E-state index is 13.7. The Kier molecular flexibility index (Phi) is 7.38. The number of carbonyl (C=O) groups excluding carboxylic acids is 3. The van der Waals surface area contributed by atoms with Crippen LogP contribution in [0.25, 0.3) is 0 Å². The summed E-state index contributed by atoms with van der Waals surface area (Å²) in [7, 11) is 0. The number of fused-ring (bicyclic) bond motifs is 7. The molecular formula is C35H52O7. The first-order chi connectivity index (χ1) is 19.4. The van der Waals surface area contributed by atoms with Crippen LogP contribution in [0, 0.1) is 50.7 Å². The minimum absolute atomic E-state index is 0.00143. The predicted molar refractivity (Wildman–Crippen MR) is 158 cm³/mol. The van der Waals surface area contributed by atoms with Gasteiger partial charge in [0.1, 0.15) is 6.10 Å². The Bertz CT molecular complexity index is 1230. The number of esters is 2. The number of rotatable bonds is 5. The highest BCUT2D eigenvalue weighted by Crippen LogP contribution is 2.77. The lowest BCUT2D eigenvalue weighted by molar-refractivity contribution is -0.235. The molecule has 0 radical (unpaired) electrons. The van der Waals surface area contributed by atoms with Gasteiger partial charge in [0.25, 0.3) is 0 Å². The van der Waals surface area contributed by atoms with Crippen molar-refractivity contribution < 1.29 is 33.8 Å². The van der Waals surface area contributed by atoms with E-state index in [0.29, 0.717) is 18.3 Å². The van der Waals surface area contributed by atoms with Gasteiger partial charge < -0.3 is 14.6 Å². The van der Waals surface area contributed by atoms with E-state index in [2.05, 4.69) is 34.6 Å². The summed E-state index contributed by atoms with van der Waals surface area (Å²) in [6, 6.07) is 0. The zero-order valence-corrected chi connectivity index (χ0v) is 27.2. The summed E-state index contributed by atoms with van der Waals surface area (Å²) in [4.78, 5) is 50.6. The van der Waals surface area contributed by atoms with Crippen molar-refractivity contribution in [1.29, 1.82) is 0 Å². The Morgan fingerprint density at radius 3 is 2.07 bits per heavy atom. The second kappa shape index (κ2) is 9.92. The van der Waals surface area contributed by atoms with Crippen LogP contribution in [0.1, 0.15) is 120 Å². The van der Waals surface area contributed by atoms with E-state index < -0.39 is 23.5 Å². The Hall–Kier alpha value is -2.18. The third-order valence-corrected chi connectivity index (χ3v) is 13.7. The fraction of sp³-hybridized carbons (Fsp3) is 0.829. The van der Waals surface area contributed by atoms with E-state index in [-0.39, 0.29) is 57.8 Å². The van der Waals surface area contributed by atoms with Crippen LogP contribution in [0.15, 0.2) is 11.1 Å². The summed E-state index contributed by atoms with van der Waals surface area (Å²) in [6.07, 6.45) is 5.94. The molecule has 1 unspecified atom stereocenters. The molecule has 0 aromatic carbocycles. The quantitative estimate of drug-likeness (QED) is 0.350. The van der Waals surface area contributed by atoms with Gasteiger partial charge >= 0.3 is 17.9 Å². The van der Waals surface area contributed by atoms with Gasteiger partial charge in [-0.3, -0.25) is 14.4 Å². The number of aliphatic carboxylic acids is 1. The molecule has 0 heterocycles. The summed E-state index contributed by atoms with van der Waals surface area (Å²) in [5.74, 6) is -1.02. The van der Waals surface area contributed by atoms with Gasteiger partial charge in [0.05, 0.1) is 0 Å². The van der Waals surface area contributed by atoms with Crippen LogP contribution in [0.2, 0.25) is 0 Å². The van der Waals surface area contributed by atoms with E-state index in [1.807, 2.05) is 13.8 Å². The molecule has 7 nitrogen and oxygen atoms in total. The van der Waals surface area contributed by atoms with Crippen molar-refractivity contribution in [3.63, 3.8) is 0 Å². The number of ketones is 1. The number of carboxylic acids is 1. The number of Topliss-reactive ketones (excluding diaryl/α,β-unsaturated/α-hetero) is 1. The predicted octanol–water partition coefficient (Wildman–Crippen LogP) is 6.92. The van der Waals surface area contributed by atoms with Crippen molar-refractivity contribution in [2.45, 2.75) is 132 Å². The average Bonchev–Trinajstić information content (AvgIpc) is 3.17. The van der Waals surface area contributed by atoms with Gasteiger partial charge in [0.15, 0.2) is 5.78 Å². The molecule has 0 aromatic heterocycles. The van der Waals surface area contributed by atoms with E-state index in [4.69, 9.17) is 9.47 Å². The highest BCUT2D eigenvalue weighted by Gasteiger charge is 2.71. The highest BCUT2D eigenvalue weighted by atomic mass is 16.6. The first kappa shape index (κ1) is 31.3. The molecule has 1 N–H and O–H groups in total. The standard InChI is InChI=1S/C35H52O7/c1-19(2)27-23(38)18-35(29(30(39)40)42-21(4)37)17-16-33(8)22(28(27)35)10-11-25-32(7)14-13-26(41-20(3)36)31(5,6)24(32)12-15-34(25,33)9/h19,22,24-26,29H,10-18H2,1-9H3,(H,39,40)/t22-,24+,25-,26+,29?,32+,33-,34-,35-/m1/s1. The lowest BCUT2D eigenvalue weighted by Crippen LogP contribution is -2.66. The van der Waals surface area contributed by atoms with Crippen molar-refractivity contribution in [2.24, 2.45) is 50.7 Å². The maximum Gasteiger partial charge on any atom is 0.345 e. The lowest BCUT2D eigenvalue weighted by atomic mass is 9.33. The van der Waals surface area contributed by atoms with Crippen LogP contribution < -0.4 is 0 Å². The van der Waals surface area contributed by atoms with E-state index >= 15 is 0 Å². The van der Waals surface area contributed by atoms with Crippen molar-refractivity contribution in [2.75, 3.05) is 0 Å². The van der Waals surface area contributed by atoms with E-state index in [1.54, 1.807) is 0 Å².